The summed E-state index contributed by atoms with van der Waals surface area (Å²) < 4.78 is 0.761. The number of anilines is 5. The summed E-state index contributed by atoms with van der Waals surface area (Å²) in [5.41, 5.74) is 8.47. The number of hydrogen-bond acceptors (Lipinski definition) is 6. The van der Waals surface area contributed by atoms with E-state index in [4.69, 9.17) is 5.73 Å². The summed E-state index contributed by atoms with van der Waals surface area (Å²) in [6.07, 6.45) is 4.15. The number of nitrogens with two attached hydrogens (primary N) is 1. The Morgan fingerprint density at radius 2 is 2.08 bits per heavy atom. The van der Waals surface area contributed by atoms with Gasteiger partial charge in [-0.3, -0.25) is 5.10 Å². The SMILES string of the molecule is Nc1cccc(Nc2ncc(Br)c(Nc3cc(C4CC4)[nH]n3)n2)c1. The van der Waals surface area contributed by atoms with Crippen LogP contribution >= 0.6 is 15.9 Å². The van der Waals surface area contributed by atoms with Crippen LogP contribution in [0.4, 0.5) is 29.0 Å². The lowest BCUT2D eigenvalue weighted by molar-refractivity contribution is 0.966. The van der Waals surface area contributed by atoms with Gasteiger partial charge in [0.05, 0.1) is 4.47 Å². The molecule has 122 valence electrons. The van der Waals surface area contributed by atoms with E-state index in [1.807, 2.05) is 30.3 Å². The molecule has 4 rings (SSSR count). The maximum absolute atomic E-state index is 5.79. The van der Waals surface area contributed by atoms with Crippen molar-refractivity contribution in [1.82, 2.24) is 20.2 Å². The number of H-pyrrole nitrogens is 1. The molecule has 0 unspecified atom stereocenters. The number of nitrogens with one attached hydrogen (secondary N) is 3. The second-order valence-corrected chi connectivity index (χ2v) is 6.60. The fourth-order valence-corrected chi connectivity index (χ4v) is 2.68. The Balaban J connectivity index is 1.53. The van der Waals surface area contributed by atoms with Gasteiger partial charge in [-0.1, -0.05) is 6.07 Å². The van der Waals surface area contributed by atoms with Gasteiger partial charge in [0.1, 0.15) is 0 Å². The highest BCUT2D eigenvalue weighted by atomic mass is 79.9. The van der Waals surface area contributed by atoms with E-state index in [9.17, 15) is 0 Å². The second kappa shape index (κ2) is 6.12. The van der Waals surface area contributed by atoms with Crippen molar-refractivity contribution in [3.8, 4) is 0 Å². The Hall–Kier alpha value is -2.61. The minimum absolute atomic E-state index is 0.476. The molecule has 0 radical (unpaired) electrons. The average Bonchev–Trinajstić information content (AvgIpc) is 3.31. The van der Waals surface area contributed by atoms with E-state index in [2.05, 4.69) is 46.7 Å². The van der Waals surface area contributed by atoms with Crippen LogP contribution in [-0.4, -0.2) is 20.2 Å². The first-order valence-electron chi connectivity index (χ1n) is 7.65. The lowest BCUT2D eigenvalue weighted by atomic mass is 10.3. The third kappa shape index (κ3) is 3.33. The highest BCUT2D eigenvalue weighted by molar-refractivity contribution is 9.10. The third-order valence-corrected chi connectivity index (χ3v) is 4.33. The van der Waals surface area contributed by atoms with Gasteiger partial charge in [0.15, 0.2) is 11.6 Å². The van der Waals surface area contributed by atoms with Crippen LogP contribution in [-0.2, 0) is 0 Å². The number of nitrogens with zero attached hydrogens (tertiary/aromatic N) is 3. The first-order chi connectivity index (χ1) is 11.7. The number of halogens is 1. The Labute approximate surface area is 147 Å². The zero-order valence-electron chi connectivity index (χ0n) is 12.8. The van der Waals surface area contributed by atoms with Gasteiger partial charge in [0.25, 0.3) is 0 Å². The first-order valence-corrected chi connectivity index (χ1v) is 8.44. The van der Waals surface area contributed by atoms with Crippen LogP contribution in [0.15, 0.2) is 41.0 Å². The lowest BCUT2D eigenvalue weighted by Crippen LogP contribution is -2.02. The van der Waals surface area contributed by atoms with Gasteiger partial charge < -0.3 is 16.4 Å². The molecular weight excluding hydrogens is 370 g/mol. The van der Waals surface area contributed by atoms with Crippen molar-refractivity contribution in [2.24, 2.45) is 0 Å². The molecular formula is C16H16BrN7. The van der Waals surface area contributed by atoms with Crippen molar-refractivity contribution in [2.45, 2.75) is 18.8 Å². The number of aromatic amines is 1. The number of benzene rings is 1. The number of hydrogen-bond donors (Lipinski definition) is 4. The molecule has 1 fully saturated rings. The zero-order valence-corrected chi connectivity index (χ0v) is 14.3. The Morgan fingerprint density at radius 3 is 2.88 bits per heavy atom. The van der Waals surface area contributed by atoms with Crippen molar-refractivity contribution in [2.75, 3.05) is 16.4 Å². The molecule has 2 heterocycles. The summed E-state index contributed by atoms with van der Waals surface area (Å²) in [5.74, 6) is 2.49. The van der Waals surface area contributed by atoms with E-state index < -0.39 is 0 Å². The quantitative estimate of drug-likeness (QED) is 0.496. The largest absolute Gasteiger partial charge is 0.399 e. The fraction of sp³-hybridized carbons (Fsp3) is 0.188. The van der Waals surface area contributed by atoms with Gasteiger partial charge >= 0.3 is 0 Å². The fourth-order valence-electron chi connectivity index (χ4n) is 2.39. The van der Waals surface area contributed by atoms with Crippen molar-refractivity contribution < 1.29 is 0 Å². The standard InChI is InChI=1S/C16H16BrN7/c17-12-8-19-16(20-11-3-1-2-10(18)6-11)22-15(12)21-14-7-13(23-24-14)9-4-5-9/h1-3,6-9H,4-5,18H2,(H3,19,20,21,22,23,24). The predicted octanol–water partition coefficient (Wildman–Crippen LogP) is 3.91. The molecule has 2 aromatic heterocycles. The highest BCUT2D eigenvalue weighted by Gasteiger charge is 2.25. The third-order valence-electron chi connectivity index (χ3n) is 3.75. The Morgan fingerprint density at radius 1 is 1.21 bits per heavy atom. The normalized spacial score (nSPS) is 13.7. The zero-order chi connectivity index (χ0) is 16.5. The minimum atomic E-state index is 0.476. The monoisotopic (exact) mass is 385 g/mol. The number of rotatable bonds is 5. The molecule has 1 aliphatic carbocycles. The molecule has 0 atom stereocenters. The molecule has 0 spiro atoms. The second-order valence-electron chi connectivity index (χ2n) is 5.75. The average molecular weight is 386 g/mol. The van der Waals surface area contributed by atoms with Crippen LogP contribution in [0.1, 0.15) is 24.5 Å². The molecule has 3 aromatic rings. The molecule has 0 amide bonds. The summed E-state index contributed by atoms with van der Waals surface area (Å²) in [6, 6.07) is 9.46. The van der Waals surface area contributed by atoms with Gasteiger partial charge in [-0.25, -0.2) is 4.98 Å². The molecule has 1 aromatic carbocycles. The molecule has 0 aliphatic heterocycles. The summed E-state index contributed by atoms with van der Waals surface area (Å²) >= 11 is 3.46. The van der Waals surface area contributed by atoms with Gasteiger partial charge in [-0.05, 0) is 47.0 Å². The van der Waals surface area contributed by atoms with Crippen molar-refractivity contribution in [1.29, 1.82) is 0 Å². The van der Waals surface area contributed by atoms with Gasteiger partial charge in [-0.15, -0.1) is 0 Å². The molecule has 1 saturated carbocycles. The van der Waals surface area contributed by atoms with E-state index in [1.165, 1.54) is 18.5 Å². The first kappa shape index (κ1) is 14.9. The van der Waals surface area contributed by atoms with Crippen LogP contribution < -0.4 is 16.4 Å². The van der Waals surface area contributed by atoms with E-state index in [0.717, 1.165) is 16.0 Å². The van der Waals surface area contributed by atoms with E-state index in [1.54, 1.807) is 6.20 Å². The van der Waals surface area contributed by atoms with E-state index >= 15 is 0 Å². The summed E-state index contributed by atoms with van der Waals surface area (Å²) in [6.45, 7) is 0. The summed E-state index contributed by atoms with van der Waals surface area (Å²) in [5, 5.41) is 13.7. The van der Waals surface area contributed by atoms with E-state index in [0.29, 0.717) is 23.4 Å². The van der Waals surface area contributed by atoms with E-state index in [-0.39, 0.29) is 0 Å². The molecule has 24 heavy (non-hydrogen) atoms. The lowest BCUT2D eigenvalue weighted by Gasteiger charge is -2.09. The van der Waals surface area contributed by atoms with Crippen LogP contribution in [0.2, 0.25) is 0 Å². The van der Waals surface area contributed by atoms with Crippen molar-refractivity contribution in [3.63, 3.8) is 0 Å². The predicted molar refractivity (Wildman–Crippen MR) is 97.7 cm³/mol. The Kier molecular flexibility index (Phi) is 3.81. The van der Waals surface area contributed by atoms with Crippen LogP contribution in [0.5, 0.6) is 0 Å². The molecule has 1 aliphatic rings. The maximum Gasteiger partial charge on any atom is 0.229 e. The Bertz CT molecular complexity index is 872. The number of nitrogen functional groups attached to an aromatic ring is 1. The number of aromatic nitrogens is 4. The molecule has 7 nitrogen and oxygen atoms in total. The van der Waals surface area contributed by atoms with Crippen LogP contribution in [0.3, 0.4) is 0 Å². The topological polar surface area (TPSA) is 105 Å². The van der Waals surface area contributed by atoms with Gasteiger partial charge in [-0.2, -0.15) is 10.1 Å². The molecule has 0 saturated heterocycles. The smallest absolute Gasteiger partial charge is 0.229 e. The van der Waals surface area contributed by atoms with Crippen LogP contribution in [0.25, 0.3) is 0 Å². The van der Waals surface area contributed by atoms with Crippen molar-refractivity contribution >= 4 is 44.9 Å². The molecule has 5 N–H and O–H groups in total. The molecule has 0 bridgehead atoms. The molecule has 8 heteroatoms. The summed E-state index contributed by atoms with van der Waals surface area (Å²) in [4.78, 5) is 8.76. The minimum Gasteiger partial charge on any atom is -0.399 e. The van der Waals surface area contributed by atoms with Crippen molar-refractivity contribution in [3.05, 3.63) is 46.7 Å². The van der Waals surface area contributed by atoms with Crippen LogP contribution in [0, 0.1) is 0 Å². The summed E-state index contributed by atoms with van der Waals surface area (Å²) in [7, 11) is 0. The maximum atomic E-state index is 5.79. The van der Waals surface area contributed by atoms with Gasteiger partial charge in [0.2, 0.25) is 5.95 Å². The van der Waals surface area contributed by atoms with Gasteiger partial charge in [0, 0.05) is 35.2 Å². The highest BCUT2D eigenvalue weighted by Crippen LogP contribution is 2.39.